The van der Waals surface area contributed by atoms with Crippen molar-refractivity contribution in [1.29, 1.82) is 0 Å². The van der Waals surface area contributed by atoms with Crippen LogP contribution in [0, 0.1) is 0 Å². The summed E-state index contributed by atoms with van der Waals surface area (Å²) in [7, 11) is -3.02. The Morgan fingerprint density at radius 1 is 1.33 bits per heavy atom. The average Bonchev–Trinajstić information content (AvgIpc) is 2.24. The van der Waals surface area contributed by atoms with E-state index < -0.39 is 9.84 Å². The first kappa shape index (κ1) is 14.4. The molecule has 0 radical (unpaired) electrons. The van der Waals surface area contributed by atoms with Crippen molar-refractivity contribution in [1.82, 2.24) is 15.0 Å². The van der Waals surface area contributed by atoms with Crippen LogP contribution >= 0.6 is 0 Å². The molecule has 9 heteroatoms. The molecule has 1 heterocycles. The predicted molar refractivity (Wildman–Crippen MR) is 68.2 cm³/mol. The fourth-order valence-corrected chi connectivity index (χ4v) is 1.53. The number of anilines is 2. The third-order valence-electron chi connectivity index (χ3n) is 1.82. The second kappa shape index (κ2) is 6.34. The van der Waals surface area contributed by atoms with Crippen molar-refractivity contribution in [2.24, 2.45) is 0 Å². The average molecular weight is 275 g/mol. The maximum atomic E-state index is 11.0. The number of hydrogen-bond donors (Lipinski definition) is 2. The van der Waals surface area contributed by atoms with Gasteiger partial charge in [0.15, 0.2) is 0 Å². The van der Waals surface area contributed by atoms with Gasteiger partial charge >= 0.3 is 6.01 Å². The van der Waals surface area contributed by atoms with Gasteiger partial charge in [0.25, 0.3) is 0 Å². The molecule has 0 aliphatic carbocycles. The Kier molecular flexibility index (Phi) is 5.08. The molecule has 0 unspecified atom stereocenters. The number of nitrogen functional groups attached to an aromatic ring is 1. The van der Waals surface area contributed by atoms with Crippen LogP contribution in [0.3, 0.4) is 0 Å². The highest BCUT2D eigenvalue weighted by Crippen LogP contribution is 2.08. The van der Waals surface area contributed by atoms with Crippen molar-refractivity contribution >= 4 is 21.7 Å². The number of nitrogens with zero attached hydrogens (tertiary/aromatic N) is 3. The number of rotatable bonds is 7. The molecule has 0 saturated heterocycles. The molecule has 3 N–H and O–H groups in total. The SMILES string of the molecule is CCCOc1nc(N)nc(NCCS(C)(=O)=O)n1. The first-order chi connectivity index (χ1) is 8.40. The van der Waals surface area contributed by atoms with Gasteiger partial charge in [0, 0.05) is 12.8 Å². The summed E-state index contributed by atoms with van der Waals surface area (Å²) < 4.78 is 27.1. The van der Waals surface area contributed by atoms with Crippen LogP contribution in [-0.2, 0) is 9.84 Å². The molecule has 0 spiro atoms. The van der Waals surface area contributed by atoms with Crippen LogP contribution in [0.2, 0.25) is 0 Å². The van der Waals surface area contributed by atoms with E-state index in [1.54, 1.807) is 0 Å². The Balaban J connectivity index is 2.62. The molecule has 1 aromatic heterocycles. The summed E-state index contributed by atoms with van der Waals surface area (Å²) in [6.07, 6.45) is 1.98. The molecule has 18 heavy (non-hydrogen) atoms. The van der Waals surface area contributed by atoms with Gasteiger partial charge in [-0.05, 0) is 6.42 Å². The van der Waals surface area contributed by atoms with Gasteiger partial charge in [-0.1, -0.05) is 6.92 Å². The van der Waals surface area contributed by atoms with Gasteiger partial charge in [0.05, 0.1) is 12.4 Å². The van der Waals surface area contributed by atoms with E-state index in [0.717, 1.165) is 12.7 Å². The highest BCUT2D eigenvalue weighted by Gasteiger charge is 2.06. The van der Waals surface area contributed by atoms with E-state index >= 15 is 0 Å². The normalized spacial score (nSPS) is 11.2. The van der Waals surface area contributed by atoms with Crippen LogP contribution < -0.4 is 15.8 Å². The number of sulfone groups is 1. The van der Waals surface area contributed by atoms with E-state index in [1.807, 2.05) is 6.92 Å². The minimum Gasteiger partial charge on any atom is -0.463 e. The number of nitrogens with two attached hydrogens (primary N) is 1. The molecule has 0 atom stereocenters. The molecule has 1 aromatic rings. The fourth-order valence-electron chi connectivity index (χ4n) is 1.06. The van der Waals surface area contributed by atoms with Crippen molar-refractivity contribution in [2.75, 3.05) is 36.2 Å². The zero-order valence-corrected chi connectivity index (χ0v) is 11.2. The molecule has 0 aliphatic rings. The smallest absolute Gasteiger partial charge is 0.323 e. The van der Waals surface area contributed by atoms with Gasteiger partial charge in [-0.15, -0.1) is 0 Å². The van der Waals surface area contributed by atoms with Crippen molar-refractivity contribution in [3.05, 3.63) is 0 Å². The van der Waals surface area contributed by atoms with Crippen molar-refractivity contribution in [2.45, 2.75) is 13.3 Å². The van der Waals surface area contributed by atoms with Gasteiger partial charge in [-0.25, -0.2) is 8.42 Å². The largest absolute Gasteiger partial charge is 0.463 e. The third-order valence-corrected chi connectivity index (χ3v) is 2.77. The quantitative estimate of drug-likeness (QED) is 0.695. The van der Waals surface area contributed by atoms with Crippen LogP contribution in [0.5, 0.6) is 6.01 Å². The standard InChI is InChI=1S/C9H17N5O3S/c1-3-5-17-9-13-7(10)12-8(14-9)11-4-6-18(2,15)16/h3-6H2,1-2H3,(H3,10,11,12,13,14). The van der Waals surface area contributed by atoms with Crippen LogP contribution in [0.4, 0.5) is 11.9 Å². The molecule has 0 aromatic carbocycles. The number of ether oxygens (including phenoxy) is 1. The highest BCUT2D eigenvalue weighted by molar-refractivity contribution is 7.90. The molecule has 1 rings (SSSR count). The maximum absolute atomic E-state index is 11.0. The summed E-state index contributed by atoms with van der Waals surface area (Å²) >= 11 is 0. The third kappa shape index (κ3) is 5.62. The van der Waals surface area contributed by atoms with Crippen LogP contribution in [-0.4, -0.2) is 48.5 Å². The lowest BCUT2D eigenvalue weighted by Crippen LogP contribution is -2.16. The van der Waals surface area contributed by atoms with Crippen LogP contribution in [0.1, 0.15) is 13.3 Å². The summed E-state index contributed by atoms with van der Waals surface area (Å²) in [6, 6.07) is 0.131. The molecular formula is C9H17N5O3S. The summed E-state index contributed by atoms with van der Waals surface area (Å²) in [4.78, 5) is 11.6. The second-order valence-electron chi connectivity index (χ2n) is 3.70. The lowest BCUT2D eigenvalue weighted by molar-refractivity contribution is 0.292. The summed E-state index contributed by atoms with van der Waals surface area (Å²) in [6.45, 7) is 2.64. The molecule has 0 amide bonds. The summed E-state index contributed by atoms with van der Waals surface area (Å²) in [5, 5.41) is 2.76. The van der Waals surface area contributed by atoms with Crippen molar-refractivity contribution in [3.8, 4) is 6.01 Å². The first-order valence-corrected chi connectivity index (χ1v) is 7.52. The van der Waals surface area contributed by atoms with Gasteiger partial charge in [0.2, 0.25) is 11.9 Å². The Hall–Kier alpha value is -1.64. The van der Waals surface area contributed by atoms with Gasteiger partial charge in [-0.2, -0.15) is 15.0 Å². The van der Waals surface area contributed by atoms with E-state index in [2.05, 4.69) is 20.3 Å². The Labute approximate surface area is 106 Å². The van der Waals surface area contributed by atoms with Gasteiger partial charge in [-0.3, -0.25) is 0 Å². The van der Waals surface area contributed by atoms with E-state index in [4.69, 9.17) is 10.5 Å². The lowest BCUT2D eigenvalue weighted by Gasteiger charge is -2.07. The van der Waals surface area contributed by atoms with E-state index in [-0.39, 0.29) is 30.2 Å². The number of hydrogen-bond acceptors (Lipinski definition) is 8. The van der Waals surface area contributed by atoms with Crippen molar-refractivity contribution < 1.29 is 13.2 Å². The Morgan fingerprint density at radius 3 is 2.67 bits per heavy atom. The minimum absolute atomic E-state index is 0.0102. The molecule has 102 valence electrons. The highest BCUT2D eigenvalue weighted by atomic mass is 32.2. The number of nitrogens with one attached hydrogen (secondary N) is 1. The summed E-state index contributed by atoms with van der Waals surface area (Å²) in [5.41, 5.74) is 5.49. The van der Waals surface area contributed by atoms with E-state index in [9.17, 15) is 8.42 Å². The predicted octanol–water partition coefficient (Wildman–Crippen LogP) is -0.301. The van der Waals surface area contributed by atoms with E-state index in [1.165, 1.54) is 0 Å². The molecule has 8 nitrogen and oxygen atoms in total. The first-order valence-electron chi connectivity index (χ1n) is 5.46. The molecule has 0 aliphatic heterocycles. The number of aromatic nitrogens is 3. The summed E-state index contributed by atoms with van der Waals surface area (Å²) in [5.74, 6) is 0.221. The van der Waals surface area contributed by atoms with Crippen LogP contribution in [0.25, 0.3) is 0 Å². The monoisotopic (exact) mass is 275 g/mol. The fraction of sp³-hybridized carbons (Fsp3) is 0.667. The second-order valence-corrected chi connectivity index (χ2v) is 5.96. The van der Waals surface area contributed by atoms with Crippen molar-refractivity contribution in [3.63, 3.8) is 0 Å². The van der Waals surface area contributed by atoms with Crippen LogP contribution in [0.15, 0.2) is 0 Å². The Bertz CT molecular complexity index is 491. The minimum atomic E-state index is -3.02. The lowest BCUT2D eigenvalue weighted by atomic mass is 10.5. The van der Waals surface area contributed by atoms with Gasteiger partial charge < -0.3 is 15.8 Å². The molecule has 0 saturated carbocycles. The Morgan fingerprint density at radius 2 is 2.06 bits per heavy atom. The molecular weight excluding hydrogens is 258 g/mol. The van der Waals surface area contributed by atoms with E-state index in [0.29, 0.717) is 6.61 Å². The zero-order valence-electron chi connectivity index (χ0n) is 10.4. The molecule has 0 fully saturated rings. The zero-order chi connectivity index (χ0) is 13.6. The van der Waals surface area contributed by atoms with Gasteiger partial charge in [0.1, 0.15) is 9.84 Å². The molecule has 0 bridgehead atoms. The topological polar surface area (TPSA) is 120 Å². The maximum Gasteiger partial charge on any atom is 0.323 e.